The van der Waals surface area contributed by atoms with Crippen LogP contribution < -0.4 is 0 Å². The molecule has 1 aliphatic rings. The van der Waals surface area contributed by atoms with Gasteiger partial charge in [0.05, 0.1) is 12.6 Å². The maximum atomic E-state index is 12.0. The summed E-state index contributed by atoms with van der Waals surface area (Å²) in [6.45, 7) is 9.56. The van der Waals surface area contributed by atoms with Gasteiger partial charge in [0.2, 0.25) is 0 Å². The predicted molar refractivity (Wildman–Crippen MR) is 62.3 cm³/mol. The van der Waals surface area contributed by atoms with Crippen LogP contribution in [0.1, 0.15) is 47.5 Å². The molecule has 1 N–H and O–H groups in total. The Hall–Kier alpha value is -0.770. The van der Waals surface area contributed by atoms with Gasteiger partial charge in [0.1, 0.15) is 5.60 Å². The summed E-state index contributed by atoms with van der Waals surface area (Å²) in [5, 5.41) is 9.27. The average molecular weight is 229 g/mol. The van der Waals surface area contributed by atoms with E-state index in [1.807, 2.05) is 34.6 Å². The van der Waals surface area contributed by atoms with Gasteiger partial charge in [-0.05, 0) is 47.5 Å². The normalized spacial score (nSPS) is 24.6. The topological polar surface area (TPSA) is 49.8 Å². The van der Waals surface area contributed by atoms with E-state index in [1.165, 1.54) is 0 Å². The third-order valence-electron chi connectivity index (χ3n) is 2.91. The van der Waals surface area contributed by atoms with Gasteiger partial charge < -0.3 is 9.84 Å². The SMILES string of the molecule is CC(C)(C)OC(=O)N1C(CO)CCC1(C)C. The Balaban J connectivity index is 2.79. The maximum absolute atomic E-state index is 12.0. The molecule has 0 aromatic carbocycles. The highest BCUT2D eigenvalue weighted by Gasteiger charge is 2.43. The monoisotopic (exact) mass is 229 g/mol. The van der Waals surface area contributed by atoms with E-state index in [4.69, 9.17) is 4.74 Å². The van der Waals surface area contributed by atoms with Crippen molar-refractivity contribution in [2.75, 3.05) is 6.61 Å². The Bertz CT molecular complexity index is 268. The zero-order valence-corrected chi connectivity index (χ0v) is 10.9. The van der Waals surface area contributed by atoms with Crippen molar-refractivity contribution in [1.82, 2.24) is 4.90 Å². The summed E-state index contributed by atoms with van der Waals surface area (Å²) in [7, 11) is 0. The molecule has 1 unspecified atom stereocenters. The number of aliphatic hydroxyl groups is 1. The summed E-state index contributed by atoms with van der Waals surface area (Å²) in [6.07, 6.45) is 1.41. The molecule has 1 saturated heterocycles. The van der Waals surface area contributed by atoms with Crippen LogP contribution in [0.5, 0.6) is 0 Å². The molecule has 0 aromatic heterocycles. The lowest BCUT2D eigenvalue weighted by molar-refractivity contribution is -0.00237. The number of carbonyl (C=O) groups excluding carboxylic acids is 1. The molecule has 1 rings (SSSR count). The average Bonchev–Trinajstić information content (AvgIpc) is 2.37. The zero-order chi connectivity index (χ0) is 12.6. The molecule has 94 valence electrons. The molecule has 0 saturated carbocycles. The fourth-order valence-electron chi connectivity index (χ4n) is 2.14. The predicted octanol–water partition coefficient (Wildman–Crippen LogP) is 2.16. The smallest absolute Gasteiger partial charge is 0.411 e. The highest BCUT2D eigenvalue weighted by molar-refractivity contribution is 5.70. The number of ether oxygens (including phenoxy) is 1. The maximum Gasteiger partial charge on any atom is 0.411 e. The second kappa shape index (κ2) is 4.24. The Kier molecular flexibility index (Phi) is 3.53. The molecule has 0 aromatic rings. The molecular weight excluding hydrogens is 206 g/mol. The summed E-state index contributed by atoms with van der Waals surface area (Å²) >= 11 is 0. The summed E-state index contributed by atoms with van der Waals surface area (Å²) in [5.41, 5.74) is -0.717. The van der Waals surface area contributed by atoms with Crippen LogP contribution >= 0.6 is 0 Å². The first-order chi connectivity index (χ1) is 7.17. The van der Waals surface area contributed by atoms with Crippen molar-refractivity contribution in [3.05, 3.63) is 0 Å². The number of nitrogens with zero attached hydrogens (tertiary/aromatic N) is 1. The highest BCUT2D eigenvalue weighted by atomic mass is 16.6. The van der Waals surface area contributed by atoms with Gasteiger partial charge in [-0.25, -0.2) is 4.79 Å². The standard InChI is InChI=1S/C12H23NO3/c1-11(2,3)16-10(15)13-9(8-14)6-7-12(13,4)5/h9,14H,6-8H2,1-5H3. The highest BCUT2D eigenvalue weighted by Crippen LogP contribution is 2.34. The molecule has 1 atom stereocenters. The van der Waals surface area contributed by atoms with Crippen LogP contribution in [0.3, 0.4) is 0 Å². The van der Waals surface area contributed by atoms with Crippen molar-refractivity contribution in [1.29, 1.82) is 0 Å². The minimum atomic E-state index is -0.490. The van der Waals surface area contributed by atoms with E-state index in [2.05, 4.69) is 0 Å². The minimum absolute atomic E-state index is 0.00265. The first kappa shape index (κ1) is 13.3. The second-order valence-electron chi connectivity index (χ2n) is 6.04. The van der Waals surface area contributed by atoms with E-state index in [-0.39, 0.29) is 24.3 Å². The van der Waals surface area contributed by atoms with Gasteiger partial charge in [-0.1, -0.05) is 0 Å². The van der Waals surface area contributed by atoms with Gasteiger partial charge in [-0.2, -0.15) is 0 Å². The molecule has 0 bridgehead atoms. The molecule has 16 heavy (non-hydrogen) atoms. The van der Waals surface area contributed by atoms with Crippen molar-refractivity contribution in [2.45, 2.75) is 64.6 Å². The van der Waals surface area contributed by atoms with Crippen LogP contribution in [0.2, 0.25) is 0 Å². The lowest BCUT2D eigenvalue weighted by Gasteiger charge is -2.36. The summed E-state index contributed by atoms with van der Waals surface area (Å²) in [4.78, 5) is 13.7. The fourth-order valence-corrected chi connectivity index (χ4v) is 2.14. The summed E-state index contributed by atoms with van der Waals surface area (Å²) in [5.74, 6) is 0. The lowest BCUT2D eigenvalue weighted by atomic mass is 10.0. The molecular formula is C12H23NO3. The number of carbonyl (C=O) groups is 1. The molecule has 1 heterocycles. The van der Waals surface area contributed by atoms with E-state index in [0.29, 0.717) is 0 Å². The van der Waals surface area contributed by atoms with Crippen molar-refractivity contribution >= 4 is 6.09 Å². The van der Waals surface area contributed by atoms with Crippen LogP contribution in [0.4, 0.5) is 4.79 Å². The van der Waals surface area contributed by atoms with Crippen molar-refractivity contribution in [2.24, 2.45) is 0 Å². The molecule has 4 nitrogen and oxygen atoms in total. The molecule has 0 aliphatic carbocycles. The van der Waals surface area contributed by atoms with Crippen molar-refractivity contribution in [3.8, 4) is 0 Å². The number of hydrogen-bond acceptors (Lipinski definition) is 3. The molecule has 4 heteroatoms. The number of rotatable bonds is 1. The lowest BCUT2D eigenvalue weighted by Crippen LogP contribution is -2.50. The van der Waals surface area contributed by atoms with Gasteiger partial charge in [0, 0.05) is 5.54 Å². The Labute approximate surface area is 97.6 Å². The molecule has 1 aliphatic heterocycles. The van der Waals surface area contributed by atoms with Crippen molar-refractivity contribution in [3.63, 3.8) is 0 Å². The Morgan fingerprint density at radius 2 is 2.06 bits per heavy atom. The quantitative estimate of drug-likeness (QED) is 0.749. The molecule has 0 radical (unpaired) electrons. The van der Waals surface area contributed by atoms with E-state index in [0.717, 1.165) is 12.8 Å². The van der Waals surface area contributed by atoms with E-state index in [9.17, 15) is 9.90 Å². The van der Waals surface area contributed by atoms with Gasteiger partial charge in [0.25, 0.3) is 0 Å². The second-order valence-corrected chi connectivity index (χ2v) is 6.04. The molecule has 1 amide bonds. The number of hydrogen-bond donors (Lipinski definition) is 1. The fraction of sp³-hybridized carbons (Fsp3) is 0.917. The van der Waals surface area contributed by atoms with Crippen LogP contribution in [-0.2, 0) is 4.74 Å². The van der Waals surface area contributed by atoms with Gasteiger partial charge in [-0.15, -0.1) is 0 Å². The number of aliphatic hydroxyl groups excluding tert-OH is 1. The summed E-state index contributed by atoms with van der Waals surface area (Å²) < 4.78 is 5.37. The molecule has 0 spiro atoms. The van der Waals surface area contributed by atoms with E-state index >= 15 is 0 Å². The van der Waals surface area contributed by atoms with E-state index in [1.54, 1.807) is 4.90 Å². The number of amides is 1. The first-order valence-electron chi connectivity index (χ1n) is 5.80. The van der Waals surface area contributed by atoms with Crippen LogP contribution in [0.15, 0.2) is 0 Å². The molecule has 1 fully saturated rings. The Morgan fingerprint density at radius 3 is 2.50 bits per heavy atom. The third kappa shape index (κ3) is 2.88. The summed E-state index contributed by atoms with van der Waals surface area (Å²) in [6, 6.07) is -0.107. The van der Waals surface area contributed by atoms with Crippen LogP contribution in [-0.4, -0.2) is 39.9 Å². The van der Waals surface area contributed by atoms with Gasteiger partial charge >= 0.3 is 6.09 Å². The van der Waals surface area contributed by atoms with Crippen LogP contribution in [0.25, 0.3) is 0 Å². The first-order valence-corrected chi connectivity index (χ1v) is 5.80. The largest absolute Gasteiger partial charge is 0.444 e. The van der Waals surface area contributed by atoms with Gasteiger partial charge in [-0.3, -0.25) is 4.90 Å². The number of likely N-dealkylation sites (tertiary alicyclic amines) is 1. The third-order valence-corrected chi connectivity index (χ3v) is 2.91. The van der Waals surface area contributed by atoms with Crippen LogP contribution in [0, 0.1) is 0 Å². The van der Waals surface area contributed by atoms with E-state index < -0.39 is 5.60 Å². The van der Waals surface area contributed by atoms with Gasteiger partial charge in [0.15, 0.2) is 0 Å². The Morgan fingerprint density at radius 1 is 1.50 bits per heavy atom. The minimum Gasteiger partial charge on any atom is -0.444 e. The zero-order valence-electron chi connectivity index (χ0n) is 10.9. The van der Waals surface area contributed by atoms with Crippen molar-refractivity contribution < 1.29 is 14.6 Å².